The molecule has 0 aromatic heterocycles. The largest absolute Gasteiger partial charge is 0.504 e. The molecule has 2 aromatic carbocycles. The lowest BCUT2D eigenvalue weighted by atomic mass is 9.99. The molecule has 2 aromatic rings. The molecule has 0 saturated carbocycles. The highest BCUT2D eigenvalue weighted by Crippen LogP contribution is 2.55. The van der Waals surface area contributed by atoms with Crippen LogP contribution in [0, 0.1) is 0 Å². The first-order valence-electron chi connectivity index (χ1n) is 11.1. The summed E-state index contributed by atoms with van der Waals surface area (Å²) in [6.45, 7) is -0.674. The molecule has 4 rings (SSSR count). The van der Waals surface area contributed by atoms with Gasteiger partial charge in [-0.3, -0.25) is 4.79 Å². The highest BCUT2D eigenvalue weighted by Gasteiger charge is 2.45. The molecule has 1 fully saturated rings. The van der Waals surface area contributed by atoms with Crippen LogP contribution < -0.4 is 23.7 Å². The number of aliphatic hydroxyl groups is 4. The Kier molecular flexibility index (Phi) is 7.44. The zero-order chi connectivity index (χ0) is 27.9. The number of carbonyl (C=O) groups excluding carboxylic acids is 1. The number of ketones is 1. The van der Waals surface area contributed by atoms with Crippen LogP contribution in [0.5, 0.6) is 46.0 Å². The minimum atomic E-state index is -1.73. The third-order valence-electron chi connectivity index (χ3n) is 6.10. The molecule has 0 aliphatic carbocycles. The van der Waals surface area contributed by atoms with Gasteiger partial charge in [-0.1, -0.05) is 0 Å². The highest BCUT2D eigenvalue weighted by atomic mass is 16.7. The summed E-state index contributed by atoms with van der Waals surface area (Å²) in [5.74, 6) is -4.65. The normalized spacial score (nSPS) is 25.6. The maximum atomic E-state index is 13.0. The van der Waals surface area contributed by atoms with Crippen LogP contribution in [0.3, 0.4) is 0 Å². The van der Waals surface area contributed by atoms with E-state index in [0.717, 1.165) is 7.11 Å². The highest BCUT2D eigenvalue weighted by molar-refractivity contribution is 6.17. The number of allylic oxidation sites excluding steroid dienone is 1. The van der Waals surface area contributed by atoms with E-state index in [2.05, 4.69) is 0 Å². The van der Waals surface area contributed by atoms with Gasteiger partial charge in [-0.2, -0.15) is 0 Å². The lowest BCUT2D eigenvalue weighted by Crippen LogP contribution is -2.60. The monoisotopic (exact) mass is 538 g/mol. The van der Waals surface area contributed by atoms with Crippen molar-refractivity contribution in [2.45, 2.75) is 30.7 Å². The predicted molar refractivity (Wildman–Crippen MR) is 125 cm³/mol. The number of hydrogen-bond acceptors (Lipinski definition) is 14. The smallest absolute Gasteiger partial charge is 0.236 e. The molecule has 206 valence electrons. The summed E-state index contributed by atoms with van der Waals surface area (Å²) in [7, 11) is 3.76. The molecule has 0 unspecified atom stereocenters. The van der Waals surface area contributed by atoms with Crippen molar-refractivity contribution in [1.82, 2.24) is 0 Å². The zero-order valence-electron chi connectivity index (χ0n) is 20.3. The molecule has 0 radical (unpaired) electrons. The van der Waals surface area contributed by atoms with Gasteiger partial charge in [0.05, 0.1) is 27.9 Å². The molecule has 2 aliphatic heterocycles. The lowest BCUT2D eigenvalue weighted by molar-refractivity contribution is -0.277. The third kappa shape index (κ3) is 4.27. The first-order chi connectivity index (χ1) is 18.1. The van der Waals surface area contributed by atoms with Crippen LogP contribution >= 0.6 is 0 Å². The molecule has 14 nitrogen and oxygen atoms in total. The Hall–Kier alpha value is -3.95. The Labute approximate surface area is 215 Å². The molecule has 0 amide bonds. The van der Waals surface area contributed by atoms with Gasteiger partial charge in [-0.05, 0) is 18.2 Å². The molecule has 14 heteroatoms. The summed E-state index contributed by atoms with van der Waals surface area (Å²) in [6.07, 6.45) is -6.63. The van der Waals surface area contributed by atoms with Crippen LogP contribution in [-0.4, -0.2) is 100 Å². The van der Waals surface area contributed by atoms with Crippen LogP contribution in [-0.2, 0) is 4.74 Å². The Bertz CT molecular complexity index is 1270. The van der Waals surface area contributed by atoms with Crippen molar-refractivity contribution >= 4 is 11.9 Å². The molecule has 7 N–H and O–H groups in total. The number of phenols is 3. The minimum Gasteiger partial charge on any atom is -0.504 e. The quantitative estimate of drug-likeness (QED) is 0.177. The maximum Gasteiger partial charge on any atom is 0.236 e. The molecule has 1 saturated heterocycles. The van der Waals surface area contributed by atoms with Gasteiger partial charge in [0.1, 0.15) is 30.0 Å². The van der Waals surface area contributed by atoms with Crippen LogP contribution in [0.15, 0.2) is 17.9 Å². The third-order valence-corrected chi connectivity index (χ3v) is 6.10. The van der Waals surface area contributed by atoms with E-state index in [9.17, 15) is 40.5 Å². The number of Topliss-reactive ketones (excluding diaryl/α,β-unsaturated/α-hetero) is 1. The number of ether oxygens (including phenoxy) is 6. The summed E-state index contributed by atoms with van der Waals surface area (Å²) < 4.78 is 32.5. The first kappa shape index (κ1) is 27.1. The Morgan fingerprint density at radius 3 is 2.16 bits per heavy atom. The second-order valence-electron chi connectivity index (χ2n) is 8.26. The van der Waals surface area contributed by atoms with Gasteiger partial charge in [-0.15, -0.1) is 0 Å². The zero-order valence-corrected chi connectivity index (χ0v) is 20.3. The van der Waals surface area contributed by atoms with Gasteiger partial charge in [0, 0.05) is 5.56 Å². The van der Waals surface area contributed by atoms with Crippen LogP contribution in [0.25, 0.3) is 6.08 Å². The van der Waals surface area contributed by atoms with Crippen molar-refractivity contribution < 1.29 is 69.0 Å². The molecule has 0 spiro atoms. The van der Waals surface area contributed by atoms with Gasteiger partial charge in [0.25, 0.3) is 0 Å². The predicted octanol–water partition coefficient (Wildman–Crippen LogP) is -0.376. The molecule has 5 atom stereocenters. The van der Waals surface area contributed by atoms with E-state index in [1.54, 1.807) is 0 Å². The van der Waals surface area contributed by atoms with Crippen LogP contribution in [0.2, 0.25) is 0 Å². The number of benzene rings is 2. The van der Waals surface area contributed by atoms with Crippen LogP contribution in [0.4, 0.5) is 0 Å². The van der Waals surface area contributed by atoms with E-state index >= 15 is 0 Å². The van der Waals surface area contributed by atoms with Crippen molar-refractivity contribution in [2.24, 2.45) is 0 Å². The number of fused-ring (bicyclic) bond motifs is 1. The lowest BCUT2D eigenvalue weighted by Gasteiger charge is -2.39. The fraction of sp³-hybridized carbons (Fsp3) is 0.375. The molecule has 2 heterocycles. The molecule has 2 aliphatic rings. The maximum absolute atomic E-state index is 13.0. The van der Waals surface area contributed by atoms with Crippen molar-refractivity contribution in [3.8, 4) is 46.0 Å². The van der Waals surface area contributed by atoms with Gasteiger partial charge in [0.2, 0.25) is 35.1 Å². The van der Waals surface area contributed by atoms with E-state index in [4.69, 9.17) is 28.4 Å². The average molecular weight is 538 g/mol. The summed E-state index contributed by atoms with van der Waals surface area (Å²) in [5, 5.41) is 70.2. The molecule has 38 heavy (non-hydrogen) atoms. The van der Waals surface area contributed by atoms with Gasteiger partial charge >= 0.3 is 0 Å². The summed E-state index contributed by atoms with van der Waals surface area (Å²) >= 11 is 0. The number of carbonyl (C=O) groups is 1. The Morgan fingerprint density at radius 2 is 1.55 bits per heavy atom. The topological polar surface area (TPSA) is 214 Å². The van der Waals surface area contributed by atoms with Gasteiger partial charge < -0.3 is 64.2 Å². The Morgan fingerprint density at radius 1 is 0.868 bits per heavy atom. The first-order valence-corrected chi connectivity index (χ1v) is 11.1. The number of phenolic OH excluding ortho intramolecular Hbond substituents is 3. The number of aliphatic hydroxyl groups excluding tert-OH is 4. The number of methoxy groups -OCH3 is 3. The van der Waals surface area contributed by atoms with Crippen molar-refractivity contribution in [3.63, 3.8) is 0 Å². The SMILES string of the molecule is COc1ccc(C=C2Oc3c(OC)c(O)c(O)c(O)c3C2=O)c(OC)c1O[C@@H]1O[C@H](CO)[C@@H](O)[C@H](O)[C@H]1O. The van der Waals surface area contributed by atoms with Crippen molar-refractivity contribution in [1.29, 1.82) is 0 Å². The second kappa shape index (κ2) is 10.4. The fourth-order valence-electron chi connectivity index (χ4n) is 4.12. The molecule has 0 bridgehead atoms. The minimum absolute atomic E-state index is 0.0388. The van der Waals surface area contributed by atoms with Crippen molar-refractivity contribution in [2.75, 3.05) is 27.9 Å². The Balaban J connectivity index is 1.76. The number of aromatic hydroxyl groups is 3. The summed E-state index contributed by atoms with van der Waals surface area (Å²) in [6, 6.07) is 2.90. The number of rotatable bonds is 7. The van der Waals surface area contributed by atoms with E-state index in [1.807, 2.05) is 0 Å². The van der Waals surface area contributed by atoms with E-state index in [0.29, 0.717) is 0 Å². The summed E-state index contributed by atoms with van der Waals surface area (Å²) in [4.78, 5) is 13.0. The van der Waals surface area contributed by atoms with Gasteiger partial charge in [-0.25, -0.2) is 0 Å². The molecular formula is C24H26O14. The van der Waals surface area contributed by atoms with E-state index in [-0.39, 0.29) is 40.1 Å². The van der Waals surface area contributed by atoms with Crippen LogP contribution in [0.1, 0.15) is 15.9 Å². The summed E-state index contributed by atoms with van der Waals surface area (Å²) in [5.41, 5.74) is -0.260. The number of hydrogen-bond donors (Lipinski definition) is 7. The van der Waals surface area contributed by atoms with E-state index < -0.39 is 65.9 Å². The standard InChI is InChI=1S/C24H26O14/c1-33-9-5-4-8(6-10-13(26)12-15(28)17(30)18(31)23(35-3)22(12)36-10)20(34-2)21(9)38-24-19(32)16(29)14(27)11(7-25)37-24/h4-6,11,14,16,19,24-25,27-32H,7H2,1-3H3/t11-,14-,16+,19-,24+/m1/s1. The van der Waals surface area contributed by atoms with Gasteiger partial charge in [0.15, 0.2) is 28.8 Å². The van der Waals surface area contributed by atoms with Crippen molar-refractivity contribution in [3.05, 3.63) is 29.0 Å². The van der Waals surface area contributed by atoms with E-state index in [1.165, 1.54) is 32.4 Å². The second-order valence-corrected chi connectivity index (χ2v) is 8.26. The fourth-order valence-corrected chi connectivity index (χ4v) is 4.12. The molecular weight excluding hydrogens is 512 g/mol. The average Bonchev–Trinajstić information content (AvgIpc) is 3.23.